The molecule has 166 valence electrons. The highest BCUT2D eigenvalue weighted by Gasteiger charge is 2.13. The maximum Gasteiger partial charge on any atom is 0.266 e. The fraction of sp³-hybridized carbons (Fsp3) is 0.0417. The topological polar surface area (TPSA) is 91.2 Å². The first kappa shape index (κ1) is 23.8. The minimum Gasteiger partial charge on any atom is -0.483 e. The van der Waals surface area contributed by atoms with Gasteiger partial charge in [0.1, 0.15) is 23.2 Å². The Labute approximate surface area is 199 Å². The molecule has 0 radical (unpaired) electrons. The van der Waals surface area contributed by atoms with Crippen molar-refractivity contribution in [3.05, 3.63) is 93.7 Å². The normalized spacial score (nSPS) is 10.8. The number of nitrogens with zero attached hydrogens (tertiary/aromatic N) is 1. The number of nitriles is 1. The summed E-state index contributed by atoms with van der Waals surface area (Å²) < 4.78 is 19.2. The van der Waals surface area contributed by atoms with E-state index in [-0.39, 0.29) is 17.0 Å². The van der Waals surface area contributed by atoms with Crippen LogP contribution in [0.4, 0.5) is 15.8 Å². The lowest BCUT2D eigenvalue weighted by Crippen LogP contribution is -2.21. The monoisotopic (exact) mass is 483 g/mol. The number of nitrogens with one attached hydrogen (secondary N) is 2. The Hall–Kier alpha value is -3.86. The minimum atomic E-state index is -0.650. The molecule has 0 unspecified atom stereocenters. The number of ether oxygens (including phenoxy) is 1. The third-order valence-corrected chi connectivity index (χ3v) is 4.73. The summed E-state index contributed by atoms with van der Waals surface area (Å²) in [6, 6.07) is 18.5. The fourth-order valence-electron chi connectivity index (χ4n) is 2.69. The number of anilines is 2. The van der Waals surface area contributed by atoms with E-state index in [1.807, 2.05) is 6.07 Å². The maximum absolute atomic E-state index is 13.7. The van der Waals surface area contributed by atoms with Gasteiger partial charge in [-0.3, -0.25) is 9.59 Å². The fourth-order valence-corrected chi connectivity index (χ4v) is 3.00. The van der Waals surface area contributed by atoms with Crippen LogP contribution in [0.25, 0.3) is 6.08 Å². The van der Waals surface area contributed by atoms with Crippen LogP contribution in [0.1, 0.15) is 5.56 Å². The summed E-state index contributed by atoms with van der Waals surface area (Å²) >= 11 is 11.9. The Morgan fingerprint density at radius 1 is 1.00 bits per heavy atom. The van der Waals surface area contributed by atoms with Crippen molar-refractivity contribution in [1.29, 1.82) is 5.26 Å². The van der Waals surface area contributed by atoms with Crippen molar-refractivity contribution in [2.24, 2.45) is 0 Å². The molecule has 3 aromatic carbocycles. The number of carbonyl (C=O) groups excluding carboxylic acids is 2. The Morgan fingerprint density at radius 3 is 2.39 bits per heavy atom. The predicted molar refractivity (Wildman–Crippen MR) is 126 cm³/mol. The van der Waals surface area contributed by atoms with Crippen molar-refractivity contribution < 1.29 is 18.7 Å². The third kappa shape index (κ3) is 6.81. The van der Waals surface area contributed by atoms with E-state index in [9.17, 15) is 19.2 Å². The molecule has 0 saturated carbocycles. The number of para-hydroxylation sites is 1. The molecule has 0 bridgehead atoms. The van der Waals surface area contributed by atoms with E-state index in [0.29, 0.717) is 21.3 Å². The lowest BCUT2D eigenvalue weighted by atomic mass is 10.1. The summed E-state index contributed by atoms with van der Waals surface area (Å²) in [7, 11) is 0. The third-order valence-electron chi connectivity index (χ3n) is 4.25. The number of hydrogen-bond acceptors (Lipinski definition) is 4. The number of rotatable bonds is 7. The van der Waals surface area contributed by atoms with Crippen LogP contribution >= 0.6 is 23.2 Å². The number of hydrogen-bond donors (Lipinski definition) is 2. The van der Waals surface area contributed by atoms with Gasteiger partial charge in [0.15, 0.2) is 6.61 Å². The van der Waals surface area contributed by atoms with Gasteiger partial charge in [-0.15, -0.1) is 0 Å². The standard InChI is InChI=1S/C24H16Cl2FN3O3/c25-17-5-8-19(9-6-17)29-24(32)16(13-28)11-15-12-18(26)7-10-22(15)33-14-23(31)30-21-4-2-1-3-20(21)27/h1-12H,14H2,(H,29,32)(H,30,31)/b16-11-. The number of amides is 2. The van der Waals surface area contributed by atoms with Crippen LogP contribution in [0.3, 0.4) is 0 Å². The lowest BCUT2D eigenvalue weighted by Gasteiger charge is -2.11. The van der Waals surface area contributed by atoms with E-state index < -0.39 is 24.2 Å². The molecule has 2 N–H and O–H groups in total. The molecule has 0 atom stereocenters. The zero-order valence-corrected chi connectivity index (χ0v) is 18.5. The molecule has 3 aromatic rings. The van der Waals surface area contributed by atoms with Crippen LogP contribution < -0.4 is 15.4 Å². The van der Waals surface area contributed by atoms with Crippen LogP contribution in [0.15, 0.2) is 72.3 Å². The first-order chi connectivity index (χ1) is 15.9. The summed E-state index contributed by atoms with van der Waals surface area (Å²) in [4.78, 5) is 24.7. The molecule has 0 aromatic heterocycles. The van der Waals surface area contributed by atoms with E-state index in [2.05, 4.69) is 10.6 Å². The van der Waals surface area contributed by atoms with Crippen molar-refractivity contribution in [3.63, 3.8) is 0 Å². The summed E-state index contributed by atoms with van der Waals surface area (Å²) in [5, 5.41) is 15.3. The molecule has 3 rings (SSSR count). The van der Waals surface area contributed by atoms with Gasteiger partial charge in [-0.05, 0) is 60.7 Å². The van der Waals surface area contributed by atoms with Gasteiger partial charge in [-0.1, -0.05) is 35.3 Å². The van der Waals surface area contributed by atoms with Crippen LogP contribution in [0, 0.1) is 17.1 Å². The second kappa shape index (κ2) is 11.1. The van der Waals surface area contributed by atoms with Gasteiger partial charge >= 0.3 is 0 Å². The molecular formula is C24H16Cl2FN3O3. The Balaban J connectivity index is 1.75. The molecule has 0 saturated heterocycles. The molecule has 33 heavy (non-hydrogen) atoms. The first-order valence-corrected chi connectivity index (χ1v) is 10.3. The first-order valence-electron chi connectivity index (χ1n) is 9.51. The maximum atomic E-state index is 13.7. The molecule has 0 heterocycles. The van der Waals surface area contributed by atoms with Crippen molar-refractivity contribution >= 4 is 52.5 Å². The zero-order chi connectivity index (χ0) is 23.8. The van der Waals surface area contributed by atoms with E-state index in [1.54, 1.807) is 30.3 Å². The highest BCUT2D eigenvalue weighted by molar-refractivity contribution is 6.31. The molecule has 0 aliphatic heterocycles. The Bertz CT molecular complexity index is 1250. The Morgan fingerprint density at radius 2 is 1.70 bits per heavy atom. The van der Waals surface area contributed by atoms with Gasteiger partial charge in [-0.25, -0.2) is 4.39 Å². The van der Waals surface area contributed by atoms with Crippen molar-refractivity contribution in [1.82, 2.24) is 0 Å². The molecule has 0 spiro atoms. The molecule has 0 fully saturated rings. The zero-order valence-electron chi connectivity index (χ0n) is 16.9. The average Bonchev–Trinajstić information content (AvgIpc) is 2.79. The van der Waals surface area contributed by atoms with Crippen LogP contribution in [0.5, 0.6) is 5.75 Å². The average molecular weight is 484 g/mol. The van der Waals surface area contributed by atoms with Crippen molar-refractivity contribution in [2.75, 3.05) is 17.2 Å². The summed E-state index contributed by atoms with van der Waals surface area (Å²) in [5.74, 6) is -1.62. The van der Waals surface area contributed by atoms with Gasteiger partial charge in [0.2, 0.25) is 0 Å². The molecule has 6 nitrogen and oxygen atoms in total. The number of halogens is 3. The second-order valence-electron chi connectivity index (χ2n) is 6.63. The summed E-state index contributed by atoms with van der Waals surface area (Å²) in [6.45, 7) is -0.435. The van der Waals surface area contributed by atoms with Crippen LogP contribution in [-0.2, 0) is 9.59 Å². The summed E-state index contributed by atoms with van der Waals surface area (Å²) in [6.07, 6.45) is 1.29. The van der Waals surface area contributed by atoms with Gasteiger partial charge < -0.3 is 15.4 Å². The van der Waals surface area contributed by atoms with Gasteiger partial charge in [0, 0.05) is 21.3 Å². The molecule has 0 aliphatic carbocycles. The van der Waals surface area contributed by atoms with Crippen molar-refractivity contribution in [2.45, 2.75) is 0 Å². The van der Waals surface area contributed by atoms with Crippen LogP contribution in [0.2, 0.25) is 10.0 Å². The van der Waals surface area contributed by atoms with Gasteiger partial charge in [0.05, 0.1) is 5.69 Å². The van der Waals surface area contributed by atoms with E-state index in [4.69, 9.17) is 27.9 Å². The number of carbonyl (C=O) groups is 2. The minimum absolute atomic E-state index is 0.0213. The van der Waals surface area contributed by atoms with Crippen LogP contribution in [-0.4, -0.2) is 18.4 Å². The summed E-state index contributed by atoms with van der Waals surface area (Å²) in [5.41, 5.74) is 0.572. The Kier molecular flexibility index (Phi) is 8.03. The SMILES string of the molecule is N#C/C(=C/c1cc(Cl)ccc1OCC(=O)Nc1ccccc1F)C(=O)Nc1ccc(Cl)cc1. The highest BCUT2D eigenvalue weighted by atomic mass is 35.5. The second-order valence-corrected chi connectivity index (χ2v) is 7.50. The predicted octanol–water partition coefficient (Wildman–Crippen LogP) is 5.70. The molecule has 2 amide bonds. The lowest BCUT2D eigenvalue weighted by molar-refractivity contribution is -0.118. The molecule has 0 aliphatic rings. The van der Waals surface area contributed by atoms with E-state index in [0.717, 1.165) is 0 Å². The van der Waals surface area contributed by atoms with E-state index in [1.165, 1.54) is 42.5 Å². The number of benzene rings is 3. The van der Waals surface area contributed by atoms with Gasteiger partial charge in [0.25, 0.3) is 11.8 Å². The molecular weight excluding hydrogens is 468 g/mol. The highest BCUT2D eigenvalue weighted by Crippen LogP contribution is 2.26. The van der Waals surface area contributed by atoms with Crippen molar-refractivity contribution in [3.8, 4) is 11.8 Å². The van der Waals surface area contributed by atoms with E-state index >= 15 is 0 Å². The van der Waals surface area contributed by atoms with Gasteiger partial charge in [-0.2, -0.15) is 5.26 Å². The quantitative estimate of drug-likeness (QED) is 0.333. The smallest absolute Gasteiger partial charge is 0.266 e. The molecule has 9 heteroatoms. The largest absolute Gasteiger partial charge is 0.483 e.